The molecule has 0 bridgehead atoms. The Morgan fingerprint density at radius 2 is 1.88 bits per heavy atom. The number of hydrogen-bond donors (Lipinski definition) is 1. The number of hydrogen-bond acceptors (Lipinski definition) is 3. The van der Waals surface area contributed by atoms with Crippen molar-refractivity contribution in [1.29, 1.82) is 0 Å². The van der Waals surface area contributed by atoms with Crippen LogP contribution in [0.1, 0.15) is 15.9 Å². The topological polar surface area (TPSA) is 43.8 Å². The van der Waals surface area contributed by atoms with Crippen LogP contribution < -0.4 is 4.90 Å². The molecule has 0 aromatic heterocycles. The summed E-state index contributed by atoms with van der Waals surface area (Å²) in [5, 5.41) is 9.15. The number of carboxylic acid groups (broad SMARTS) is 1. The van der Waals surface area contributed by atoms with Crippen LogP contribution in [0, 0.1) is 6.92 Å². The first-order chi connectivity index (χ1) is 7.91. The van der Waals surface area contributed by atoms with Gasteiger partial charge in [0.15, 0.2) is 0 Å². The average molecular weight is 236 g/mol. The maximum absolute atomic E-state index is 11.1. The molecule has 17 heavy (non-hydrogen) atoms. The number of nitrogens with zero attached hydrogens (tertiary/aromatic N) is 2. The van der Waals surface area contributed by atoms with Crippen molar-refractivity contribution in [3.63, 3.8) is 0 Å². The molecule has 1 aromatic carbocycles. The normalized spacial score (nSPS) is 10.6. The van der Waals surface area contributed by atoms with Gasteiger partial charge in [-0.15, -0.1) is 0 Å². The van der Waals surface area contributed by atoms with Crippen LogP contribution in [0.2, 0.25) is 0 Å². The first-order valence-electron chi connectivity index (χ1n) is 5.61. The minimum Gasteiger partial charge on any atom is -0.478 e. The third kappa shape index (κ3) is 3.75. The van der Waals surface area contributed by atoms with E-state index in [0.717, 1.165) is 24.3 Å². The summed E-state index contributed by atoms with van der Waals surface area (Å²) >= 11 is 0. The van der Waals surface area contributed by atoms with E-state index in [4.69, 9.17) is 5.11 Å². The minimum absolute atomic E-state index is 0.358. The summed E-state index contributed by atoms with van der Waals surface area (Å²) in [6.45, 7) is 3.66. The fourth-order valence-corrected chi connectivity index (χ4v) is 1.61. The molecular formula is C13H20N2O2. The second-order valence-electron chi connectivity index (χ2n) is 4.55. The summed E-state index contributed by atoms with van der Waals surface area (Å²) in [5.41, 5.74) is 2.21. The van der Waals surface area contributed by atoms with Gasteiger partial charge in [0.25, 0.3) is 0 Å². The highest BCUT2D eigenvalue weighted by Gasteiger charge is 2.13. The van der Waals surface area contributed by atoms with Crippen LogP contribution in [-0.4, -0.2) is 50.2 Å². The van der Waals surface area contributed by atoms with Gasteiger partial charge >= 0.3 is 5.97 Å². The predicted octanol–water partition coefficient (Wildman–Crippen LogP) is 1.69. The van der Waals surface area contributed by atoms with Gasteiger partial charge in [-0.25, -0.2) is 4.79 Å². The lowest BCUT2D eigenvalue weighted by molar-refractivity contribution is 0.0697. The first-order valence-corrected chi connectivity index (χ1v) is 5.61. The summed E-state index contributed by atoms with van der Waals surface area (Å²) in [6.07, 6.45) is 0. The van der Waals surface area contributed by atoms with Crippen molar-refractivity contribution in [3.8, 4) is 0 Å². The van der Waals surface area contributed by atoms with Crippen molar-refractivity contribution < 1.29 is 9.90 Å². The molecule has 1 rings (SSSR count). The van der Waals surface area contributed by atoms with Crippen molar-refractivity contribution in [2.24, 2.45) is 0 Å². The van der Waals surface area contributed by atoms with Crippen molar-refractivity contribution in [2.75, 3.05) is 39.1 Å². The number of benzene rings is 1. The number of aromatic carboxylic acids is 1. The van der Waals surface area contributed by atoms with E-state index in [9.17, 15) is 4.79 Å². The van der Waals surface area contributed by atoms with E-state index < -0.39 is 5.97 Å². The van der Waals surface area contributed by atoms with Crippen LogP contribution in [0.15, 0.2) is 18.2 Å². The van der Waals surface area contributed by atoms with E-state index in [1.165, 1.54) is 0 Å². The van der Waals surface area contributed by atoms with E-state index in [-0.39, 0.29) is 0 Å². The summed E-state index contributed by atoms with van der Waals surface area (Å²) < 4.78 is 0. The van der Waals surface area contributed by atoms with Gasteiger partial charge < -0.3 is 14.9 Å². The Hall–Kier alpha value is -1.55. The van der Waals surface area contributed by atoms with Gasteiger partial charge in [0.1, 0.15) is 0 Å². The van der Waals surface area contributed by atoms with E-state index in [1.807, 2.05) is 45.1 Å². The molecule has 0 unspecified atom stereocenters. The molecule has 0 saturated carbocycles. The van der Waals surface area contributed by atoms with Crippen LogP contribution in [0.4, 0.5) is 5.69 Å². The molecular weight excluding hydrogens is 216 g/mol. The summed E-state index contributed by atoms with van der Waals surface area (Å²) in [5.74, 6) is -0.878. The highest BCUT2D eigenvalue weighted by molar-refractivity contribution is 5.94. The van der Waals surface area contributed by atoms with E-state index in [0.29, 0.717) is 5.56 Å². The fraction of sp³-hybridized carbons (Fsp3) is 0.462. The zero-order chi connectivity index (χ0) is 13.0. The van der Waals surface area contributed by atoms with Gasteiger partial charge in [0.2, 0.25) is 0 Å². The Bertz CT molecular complexity index is 402. The Labute approximate surface area is 102 Å². The SMILES string of the molecule is Cc1ccc(C(=O)O)c(N(C)CCN(C)C)c1. The van der Waals surface area contributed by atoms with Crippen molar-refractivity contribution in [3.05, 3.63) is 29.3 Å². The molecule has 0 aliphatic rings. The summed E-state index contributed by atoms with van der Waals surface area (Å²) in [6, 6.07) is 5.41. The number of likely N-dealkylation sites (N-methyl/N-ethyl adjacent to an activating group) is 2. The molecule has 0 amide bonds. The largest absolute Gasteiger partial charge is 0.478 e. The molecule has 0 fully saturated rings. The summed E-state index contributed by atoms with van der Waals surface area (Å²) in [4.78, 5) is 15.2. The van der Waals surface area contributed by atoms with Crippen molar-refractivity contribution in [2.45, 2.75) is 6.92 Å². The minimum atomic E-state index is -0.878. The molecule has 0 aliphatic heterocycles. The van der Waals surface area contributed by atoms with Crippen molar-refractivity contribution >= 4 is 11.7 Å². The smallest absolute Gasteiger partial charge is 0.337 e. The van der Waals surface area contributed by atoms with Crippen LogP contribution in [0.5, 0.6) is 0 Å². The Morgan fingerprint density at radius 1 is 1.24 bits per heavy atom. The highest BCUT2D eigenvalue weighted by Crippen LogP contribution is 2.21. The van der Waals surface area contributed by atoms with E-state index in [2.05, 4.69) is 4.90 Å². The predicted molar refractivity (Wildman–Crippen MR) is 70.0 cm³/mol. The number of aryl methyl sites for hydroxylation is 1. The molecule has 0 heterocycles. The summed E-state index contributed by atoms with van der Waals surface area (Å²) in [7, 11) is 5.93. The molecule has 4 heteroatoms. The van der Waals surface area contributed by atoms with Gasteiger partial charge in [-0.3, -0.25) is 0 Å². The highest BCUT2D eigenvalue weighted by atomic mass is 16.4. The lowest BCUT2D eigenvalue weighted by Crippen LogP contribution is -2.29. The second kappa shape index (κ2) is 5.68. The van der Waals surface area contributed by atoms with Crippen LogP contribution in [0.3, 0.4) is 0 Å². The monoisotopic (exact) mass is 236 g/mol. The number of carboxylic acids is 1. The standard InChI is InChI=1S/C13H20N2O2/c1-10-5-6-11(13(16)17)12(9-10)15(4)8-7-14(2)3/h5-6,9H,7-8H2,1-4H3,(H,16,17). The molecule has 94 valence electrons. The molecule has 0 atom stereocenters. The van der Waals surface area contributed by atoms with Crippen molar-refractivity contribution in [1.82, 2.24) is 4.90 Å². The van der Waals surface area contributed by atoms with E-state index >= 15 is 0 Å². The van der Waals surface area contributed by atoms with Gasteiger partial charge in [-0.2, -0.15) is 0 Å². The molecule has 0 saturated heterocycles. The van der Waals surface area contributed by atoms with Gasteiger partial charge in [0.05, 0.1) is 11.3 Å². The molecule has 0 radical (unpaired) electrons. The Balaban J connectivity index is 2.94. The molecule has 0 spiro atoms. The lowest BCUT2D eigenvalue weighted by atomic mass is 10.1. The van der Waals surface area contributed by atoms with Crippen LogP contribution in [0.25, 0.3) is 0 Å². The molecule has 1 N–H and O–H groups in total. The average Bonchev–Trinajstić information content (AvgIpc) is 2.25. The van der Waals surface area contributed by atoms with Crippen LogP contribution in [-0.2, 0) is 0 Å². The Morgan fingerprint density at radius 3 is 2.41 bits per heavy atom. The second-order valence-corrected chi connectivity index (χ2v) is 4.55. The quantitative estimate of drug-likeness (QED) is 0.845. The molecule has 1 aromatic rings. The van der Waals surface area contributed by atoms with Gasteiger partial charge in [0, 0.05) is 20.1 Å². The number of anilines is 1. The third-order valence-electron chi connectivity index (χ3n) is 2.68. The third-order valence-corrected chi connectivity index (χ3v) is 2.68. The van der Waals surface area contributed by atoms with Gasteiger partial charge in [-0.05, 0) is 38.7 Å². The van der Waals surface area contributed by atoms with Crippen LogP contribution >= 0.6 is 0 Å². The van der Waals surface area contributed by atoms with Gasteiger partial charge in [-0.1, -0.05) is 6.07 Å². The maximum atomic E-state index is 11.1. The molecule has 4 nitrogen and oxygen atoms in total. The zero-order valence-electron chi connectivity index (χ0n) is 10.9. The maximum Gasteiger partial charge on any atom is 0.337 e. The first kappa shape index (κ1) is 13.5. The Kier molecular flexibility index (Phi) is 4.52. The zero-order valence-corrected chi connectivity index (χ0v) is 10.9. The van der Waals surface area contributed by atoms with E-state index in [1.54, 1.807) is 6.07 Å². The number of carbonyl (C=O) groups is 1. The number of rotatable bonds is 5. The lowest BCUT2D eigenvalue weighted by Gasteiger charge is -2.23. The molecule has 0 aliphatic carbocycles. The fourth-order valence-electron chi connectivity index (χ4n) is 1.61.